The maximum absolute atomic E-state index is 13.1. The third-order valence-electron chi connectivity index (χ3n) is 9.70. The van der Waals surface area contributed by atoms with E-state index >= 15 is 0 Å². The van der Waals surface area contributed by atoms with Gasteiger partial charge in [0.25, 0.3) is 0 Å². The summed E-state index contributed by atoms with van der Waals surface area (Å²) in [5.41, 5.74) is 2.55. The first-order valence-electron chi connectivity index (χ1n) is 14.1. The molecule has 1 saturated heterocycles. The van der Waals surface area contributed by atoms with Crippen molar-refractivity contribution >= 4 is 17.8 Å². The van der Waals surface area contributed by atoms with Gasteiger partial charge in [-0.05, 0) is 99.8 Å². The minimum Gasteiger partial charge on any atom is -0.338 e. The highest BCUT2D eigenvalue weighted by atomic mass is 16.2. The number of nitrogens with one attached hydrogen (secondary N) is 2. The molecule has 7 heteroatoms. The summed E-state index contributed by atoms with van der Waals surface area (Å²) in [6.07, 6.45) is 10.2. The van der Waals surface area contributed by atoms with E-state index in [9.17, 15) is 14.4 Å². The Morgan fingerprint density at radius 3 is 2.19 bits per heavy atom. The van der Waals surface area contributed by atoms with Crippen LogP contribution in [0.15, 0.2) is 24.3 Å². The Bertz CT molecular complexity index is 980. The van der Waals surface area contributed by atoms with Crippen molar-refractivity contribution in [3.63, 3.8) is 0 Å². The van der Waals surface area contributed by atoms with E-state index in [2.05, 4.69) is 33.7 Å². The monoisotopic (exact) mass is 492 g/mol. The molecule has 4 bridgehead atoms. The van der Waals surface area contributed by atoms with Crippen molar-refractivity contribution in [1.82, 2.24) is 20.4 Å². The van der Waals surface area contributed by atoms with Crippen molar-refractivity contribution < 1.29 is 14.4 Å². The number of nitrogens with zero attached hydrogens (tertiary/aromatic N) is 2. The van der Waals surface area contributed by atoms with Gasteiger partial charge < -0.3 is 15.1 Å². The first kappa shape index (κ1) is 24.0. The number of piperidine rings is 1. The molecule has 5 fully saturated rings. The van der Waals surface area contributed by atoms with Crippen molar-refractivity contribution in [3.8, 4) is 0 Å². The highest BCUT2D eigenvalue weighted by Gasteiger charge is 2.51. The van der Waals surface area contributed by atoms with Crippen LogP contribution in [0.4, 0.5) is 4.79 Å². The molecule has 0 aromatic heterocycles. The van der Waals surface area contributed by atoms with Crippen molar-refractivity contribution in [2.45, 2.75) is 76.3 Å². The maximum Gasteiger partial charge on any atom is 0.321 e. The highest BCUT2D eigenvalue weighted by molar-refractivity contribution is 5.94. The van der Waals surface area contributed by atoms with Crippen molar-refractivity contribution in [2.75, 3.05) is 26.2 Å². The summed E-state index contributed by atoms with van der Waals surface area (Å²) in [5.74, 6) is 2.42. The largest absolute Gasteiger partial charge is 0.338 e. The van der Waals surface area contributed by atoms with E-state index in [0.717, 1.165) is 82.5 Å². The van der Waals surface area contributed by atoms with Crippen LogP contribution in [0.25, 0.3) is 0 Å². The molecule has 1 aromatic rings. The Labute approximate surface area is 214 Å². The molecule has 2 aliphatic heterocycles. The van der Waals surface area contributed by atoms with Gasteiger partial charge in [-0.3, -0.25) is 14.9 Å². The van der Waals surface area contributed by atoms with Gasteiger partial charge in [0.2, 0.25) is 11.8 Å². The number of likely N-dealkylation sites (tertiary alicyclic amines) is 1. The molecular weight excluding hydrogens is 452 g/mol. The van der Waals surface area contributed by atoms with E-state index in [1.807, 2.05) is 11.0 Å². The van der Waals surface area contributed by atoms with Gasteiger partial charge in [0.15, 0.2) is 0 Å². The number of amides is 4. The van der Waals surface area contributed by atoms with E-state index in [-0.39, 0.29) is 29.3 Å². The van der Waals surface area contributed by atoms with E-state index in [0.29, 0.717) is 13.0 Å². The molecule has 6 aliphatic rings. The lowest BCUT2D eigenvalue weighted by Gasteiger charge is -2.56. The van der Waals surface area contributed by atoms with Crippen LogP contribution in [-0.2, 0) is 22.6 Å². The lowest BCUT2D eigenvalue weighted by Crippen LogP contribution is -2.61. The van der Waals surface area contributed by atoms with Crippen LogP contribution in [0.2, 0.25) is 0 Å². The van der Waals surface area contributed by atoms with Crippen molar-refractivity contribution in [1.29, 1.82) is 0 Å². The summed E-state index contributed by atoms with van der Waals surface area (Å²) in [6, 6.07) is 8.11. The summed E-state index contributed by atoms with van der Waals surface area (Å²) >= 11 is 0. The number of urea groups is 1. The third kappa shape index (κ3) is 5.04. The van der Waals surface area contributed by atoms with Crippen LogP contribution in [-0.4, -0.2) is 59.4 Å². The summed E-state index contributed by atoms with van der Waals surface area (Å²) < 4.78 is 0. The molecule has 0 spiro atoms. The van der Waals surface area contributed by atoms with Crippen molar-refractivity contribution in [2.24, 2.45) is 23.7 Å². The van der Waals surface area contributed by atoms with Gasteiger partial charge >= 0.3 is 6.03 Å². The van der Waals surface area contributed by atoms with E-state index in [1.165, 1.54) is 30.4 Å². The van der Waals surface area contributed by atoms with Crippen LogP contribution >= 0.6 is 0 Å². The third-order valence-corrected chi connectivity index (χ3v) is 9.70. The highest BCUT2D eigenvalue weighted by Crippen LogP contribution is 2.55. The zero-order valence-electron chi connectivity index (χ0n) is 21.3. The van der Waals surface area contributed by atoms with Crippen LogP contribution in [0, 0.1) is 23.7 Å². The van der Waals surface area contributed by atoms with Gasteiger partial charge in [-0.25, -0.2) is 4.79 Å². The average Bonchev–Trinajstić information content (AvgIpc) is 2.86. The Hall–Kier alpha value is -2.41. The molecule has 0 radical (unpaired) electrons. The summed E-state index contributed by atoms with van der Waals surface area (Å²) in [7, 11) is 0. The molecule has 0 unspecified atom stereocenters. The fraction of sp³-hybridized carbons (Fsp3) is 0.690. The standard InChI is InChI=1S/C29H40N4O3/c34-26(30-28(36)31-29-16-20-13-21(17-29)15-22(14-20)18-29)8-11-32-9-5-24(6-10-32)27(35)33-12-7-23-3-1-2-4-25(23)19-33/h1-4,20-22,24H,5-19H2,(H2,30,31,34,36). The molecular formula is C29H40N4O3. The minimum absolute atomic E-state index is 0.0754. The number of hydrogen-bond acceptors (Lipinski definition) is 4. The van der Waals surface area contributed by atoms with E-state index in [4.69, 9.17) is 0 Å². The summed E-state index contributed by atoms with van der Waals surface area (Å²) in [4.78, 5) is 42.5. The number of carbonyl (C=O) groups excluding carboxylic acids is 3. The second-order valence-corrected chi connectivity index (χ2v) is 12.3. The second-order valence-electron chi connectivity index (χ2n) is 12.3. The summed E-state index contributed by atoms with van der Waals surface area (Å²) in [5, 5.41) is 5.82. The molecule has 4 saturated carbocycles. The van der Waals surface area contributed by atoms with Gasteiger partial charge in [-0.1, -0.05) is 24.3 Å². The maximum atomic E-state index is 13.1. The zero-order valence-corrected chi connectivity index (χ0v) is 21.3. The van der Waals surface area contributed by atoms with Crippen LogP contribution in [0.3, 0.4) is 0 Å². The minimum atomic E-state index is -0.311. The Kier molecular flexibility index (Phi) is 6.53. The predicted molar refractivity (Wildman–Crippen MR) is 137 cm³/mol. The molecule has 1 aromatic carbocycles. The molecule has 7 rings (SSSR count). The smallest absolute Gasteiger partial charge is 0.321 e. The quantitative estimate of drug-likeness (QED) is 0.660. The molecule has 4 aliphatic carbocycles. The van der Waals surface area contributed by atoms with Gasteiger partial charge in [-0.2, -0.15) is 0 Å². The predicted octanol–water partition coefficient (Wildman–Crippen LogP) is 3.47. The SMILES string of the molecule is O=C(CCN1CCC(C(=O)N2CCc3ccccc3C2)CC1)NC(=O)NC12CC3CC(CC(C3)C1)C2. The molecule has 194 valence electrons. The van der Waals surface area contributed by atoms with Crippen molar-refractivity contribution in [3.05, 3.63) is 35.4 Å². The van der Waals surface area contributed by atoms with E-state index < -0.39 is 0 Å². The number of carbonyl (C=O) groups is 3. The van der Waals surface area contributed by atoms with E-state index in [1.54, 1.807) is 0 Å². The topological polar surface area (TPSA) is 81.8 Å². The lowest BCUT2D eigenvalue weighted by molar-refractivity contribution is -0.138. The van der Waals surface area contributed by atoms with Gasteiger partial charge in [0.1, 0.15) is 0 Å². The fourth-order valence-corrected chi connectivity index (χ4v) is 8.33. The number of rotatable bonds is 5. The van der Waals surface area contributed by atoms with Gasteiger partial charge in [0.05, 0.1) is 0 Å². The second kappa shape index (κ2) is 9.81. The normalized spacial score (nSPS) is 31.7. The first-order chi connectivity index (χ1) is 17.4. The Morgan fingerprint density at radius 1 is 0.889 bits per heavy atom. The molecule has 2 heterocycles. The Balaban J connectivity index is 0.913. The van der Waals surface area contributed by atoms with Crippen LogP contribution in [0.1, 0.15) is 68.9 Å². The molecule has 4 amide bonds. The fourth-order valence-electron chi connectivity index (χ4n) is 8.33. The average molecular weight is 493 g/mol. The number of hydrogen-bond donors (Lipinski definition) is 2. The zero-order chi connectivity index (χ0) is 24.7. The lowest BCUT2D eigenvalue weighted by atomic mass is 9.53. The van der Waals surface area contributed by atoms with Crippen LogP contribution in [0.5, 0.6) is 0 Å². The molecule has 7 nitrogen and oxygen atoms in total. The number of benzene rings is 1. The van der Waals surface area contributed by atoms with Gasteiger partial charge in [-0.15, -0.1) is 0 Å². The first-order valence-corrected chi connectivity index (χ1v) is 14.1. The Morgan fingerprint density at radius 2 is 1.53 bits per heavy atom. The summed E-state index contributed by atoms with van der Waals surface area (Å²) in [6.45, 7) is 3.82. The molecule has 36 heavy (non-hydrogen) atoms. The van der Waals surface area contributed by atoms with Gasteiger partial charge in [0, 0.05) is 37.5 Å². The number of fused-ring (bicyclic) bond motifs is 1. The number of imide groups is 1. The molecule has 2 N–H and O–H groups in total. The molecule has 0 atom stereocenters. The van der Waals surface area contributed by atoms with Crippen LogP contribution < -0.4 is 10.6 Å².